The minimum Gasteiger partial charge on any atom is -0.455 e. The molecule has 0 aliphatic heterocycles. The van der Waals surface area contributed by atoms with Crippen molar-refractivity contribution in [2.45, 2.75) is 0 Å². The first-order chi connectivity index (χ1) is 19.3. The van der Waals surface area contributed by atoms with Crippen molar-refractivity contribution in [3.8, 4) is 16.9 Å². The fraction of sp³-hybridized carbons (Fsp3) is 0. The van der Waals surface area contributed by atoms with Crippen molar-refractivity contribution in [2.75, 3.05) is 0 Å². The molecule has 5 heteroatoms. The first-order valence-electron chi connectivity index (χ1n) is 12.9. The maximum absolute atomic E-state index is 6.46. The van der Waals surface area contributed by atoms with Crippen molar-refractivity contribution in [1.82, 2.24) is 14.5 Å². The quantitative estimate of drug-likeness (QED) is 0.237. The second-order valence-electron chi connectivity index (χ2n) is 9.84. The molecule has 0 spiro atoms. The zero-order chi connectivity index (χ0) is 25.5. The van der Waals surface area contributed by atoms with Crippen LogP contribution in [0.15, 0.2) is 124 Å². The zero-order valence-corrected chi connectivity index (χ0v) is 20.6. The Labute approximate surface area is 221 Å². The molecule has 0 radical (unpaired) electrons. The van der Waals surface area contributed by atoms with E-state index in [0.29, 0.717) is 5.58 Å². The lowest BCUT2D eigenvalue weighted by atomic mass is 10.0. The van der Waals surface area contributed by atoms with Crippen molar-refractivity contribution in [2.24, 2.45) is 0 Å². The largest absolute Gasteiger partial charge is 0.455 e. The Balaban J connectivity index is 1.31. The molecule has 5 nitrogen and oxygen atoms in total. The van der Waals surface area contributed by atoms with E-state index < -0.39 is 0 Å². The molecule has 0 unspecified atom stereocenters. The molecule has 5 aromatic carbocycles. The minimum atomic E-state index is 0.665. The number of benzene rings is 5. The van der Waals surface area contributed by atoms with Crippen LogP contribution in [0, 0.1) is 0 Å². The van der Waals surface area contributed by atoms with Gasteiger partial charge >= 0.3 is 0 Å². The maximum atomic E-state index is 6.46. The van der Waals surface area contributed by atoms with E-state index in [0.717, 1.165) is 66.4 Å². The average Bonchev–Trinajstić information content (AvgIpc) is 3.66. The SMILES string of the molecule is c1ccc2c(c1)oc1c(-c3ccc4oc5c(-n6c7ccccc7c7ccccc76)ncnc5c4c3)cccc12. The number of para-hydroxylation sites is 4. The summed E-state index contributed by atoms with van der Waals surface area (Å²) in [5.41, 5.74) is 8.24. The summed E-state index contributed by atoms with van der Waals surface area (Å²) in [6.07, 6.45) is 1.63. The number of rotatable bonds is 2. The van der Waals surface area contributed by atoms with Gasteiger partial charge in [0.25, 0.3) is 0 Å². The highest BCUT2D eigenvalue weighted by Crippen LogP contribution is 2.40. The summed E-state index contributed by atoms with van der Waals surface area (Å²) in [6.45, 7) is 0. The second kappa shape index (κ2) is 7.55. The first kappa shape index (κ1) is 20.6. The fourth-order valence-corrected chi connectivity index (χ4v) is 6.02. The predicted octanol–water partition coefficient (Wildman–Crippen LogP) is 9.04. The van der Waals surface area contributed by atoms with E-state index in [1.165, 1.54) is 10.8 Å². The van der Waals surface area contributed by atoms with E-state index in [4.69, 9.17) is 18.8 Å². The molecule has 0 amide bonds. The van der Waals surface area contributed by atoms with Crippen molar-refractivity contribution in [1.29, 1.82) is 0 Å². The number of hydrogen-bond acceptors (Lipinski definition) is 4. The van der Waals surface area contributed by atoms with Gasteiger partial charge in [0.2, 0.25) is 0 Å². The topological polar surface area (TPSA) is 57.0 Å². The van der Waals surface area contributed by atoms with Crippen molar-refractivity contribution in [3.63, 3.8) is 0 Å². The Kier molecular flexibility index (Phi) is 3.99. The molecule has 0 N–H and O–H groups in total. The smallest absolute Gasteiger partial charge is 0.197 e. The third-order valence-corrected chi connectivity index (χ3v) is 7.74. The summed E-state index contributed by atoms with van der Waals surface area (Å²) in [4.78, 5) is 9.42. The van der Waals surface area contributed by atoms with Gasteiger partial charge in [-0.3, -0.25) is 4.57 Å². The Bertz CT molecular complexity index is 2350. The molecule has 4 heterocycles. The molecule has 0 fully saturated rings. The van der Waals surface area contributed by atoms with Crippen LogP contribution >= 0.6 is 0 Å². The Morgan fingerprint density at radius 3 is 2.00 bits per heavy atom. The molecular weight excluding hydrogens is 482 g/mol. The Morgan fingerprint density at radius 2 is 1.18 bits per heavy atom. The molecular formula is C34H19N3O2. The summed E-state index contributed by atoms with van der Waals surface area (Å²) < 4.78 is 15.0. The molecule has 0 aliphatic rings. The summed E-state index contributed by atoms with van der Waals surface area (Å²) in [6, 6.07) is 37.5. The molecule has 182 valence electrons. The van der Waals surface area contributed by atoms with Crippen LogP contribution < -0.4 is 0 Å². The fourth-order valence-electron chi connectivity index (χ4n) is 6.02. The highest BCUT2D eigenvalue weighted by atomic mass is 16.3. The first-order valence-corrected chi connectivity index (χ1v) is 12.9. The number of aromatic nitrogens is 3. The molecule has 0 bridgehead atoms. The summed E-state index contributed by atoms with van der Waals surface area (Å²) in [5.74, 6) is 0.731. The summed E-state index contributed by atoms with van der Waals surface area (Å²) in [7, 11) is 0. The molecule has 0 atom stereocenters. The van der Waals surface area contributed by atoms with Crippen LogP contribution in [0.1, 0.15) is 0 Å². The van der Waals surface area contributed by atoms with Gasteiger partial charge in [-0.15, -0.1) is 0 Å². The Hall–Kier alpha value is -5.42. The van der Waals surface area contributed by atoms with Gasteiger partial charge in [0.1, 0.15) is 28.6 Å². The van der Waals surface area contributed by atoms with Crippen LogP contribution in [-0.2, 0) is 0 Å². The van der Waals surface area contributed by atoms with E-state index in [1.807, 2.05) is 24.3 Å². The van der Waals surface area contributed by atoms with Gasteiger partial charge in [-0.1, -0.05) is 78.9 Å². The average molecular weight is 502 g/mol. The number of hydrogen-bond donors (Lipinski definition) is 0. The highest BCUT2D eigenvalue weighted by Gasteiger charge is 2.20. The molecule has 39 heavy (non-hydrogen) atoms. The van der Waals surface area contributed by atoms with Gasteiger partial charge in [0, 0.05) is 32.5 Å². The van der Waals surface area contributed by atoms with Crippen molar-refractivity contribution in [3.05, 3.63) is 116 Å². The van der Waals surface area contributed by atoms with E-state index in [9.17, 15) is 0 Å². The zero-order valence-electron chi connectivity index (χ0n) is 20.6. The van der Waals surface area contributed by atoms with Crippen molar-refractivity contribution >= 4 is 65.8 Å². The summed E-state index contributed by atoms with van der Waals surface area (Å²) >= 11 is 0. The lowest BCUT2D eigenvalue weighted by Gasteiger charge is -2.06. The highest BCUT2D eigenvalue weighted by molar-refractivity contribution is 6.13. The van der Waals surface area contributed by atoms with Crippen molar-refractivity contribution < 1.29 is 8.83 Å². The number of furan rings is 2. The van der Waals surface area contributed by atoms with Gasteiger partial charge in [-0.05, 0) is 35.9 Å². The normalized spacial score (nSPS) is 12.1. The lowest BCUT2D eigenvalue weighted by molar-refractivity contribution is 0.662. The predicted molar refractivity (Wildman–Crippen MR) is 156 cm³/mol. The van der Waals surface area contributed by atoms with Crippen LogP contribution in [0.3, 0.4) is 0 Å². The van der Waals surface area contributed by atoms with E-state index in [1.54, 1.807) is 6.33 Å². The monoisotopic (exact) mass is 501 g/mol. The standard InChI is InChI=1S/C34H19N3O2/c1-4-13-27-22(8-1)23-9-2-5-14-28(23)37(27)34-33-31(35-19-36-34)26-18-20(16-17-30(26)39-33)21-11-7-12-25-24-10-3-6-15-29(24)38-32(21)25/h1-19H. The number of nitrogens with zero attached hydrogens (tertiary/aromatic N) is 3. The van der Waals surface area contributed by atoms with Gasteiger partial charge in [-0.25, -0.2) is 9.97 Å². The molecule has 9 rings (SSSR count). The van der Waals surface area contributed by atoms with Crippen LogP contribution in [0.25, 0.3) is 82.8 Å². The van der Waals surface area contributed by atoms with Crippen LogP contribution in [0.5, 0.6) is 0 Å². The van der Waals surface area contributed by atoms with Crippen LogP contribution in [0.2, 0.25) is 0 Å². The second-order valence-corrected chi connectivity index (χ2v) is 9.84. The van der Waals surface area contributed by atoms with E-state index in [2.05, 4.69) is 89.5 Å². The van der Waals surface area contributed by atoms with Gasteiger partial charge < -0.3 is 8.83 Å². The maximum Gasteiger partial charge on any atom is 0.197 e. The van der Waals surface area contributed by atoms with Crippen LogP contribution in [-0.4, -0.2) is 14.5 Å². The lowest BCUT2D eigenvalue weighted by Crippen LogP contribution is -1.98. The molecule has 9 aromatic rings. The van der Waals surface area contributed by atoms with E-state index in [-0.39, 0.29) is 0 Å². The number of fused-ring (bicyclic) bond motifs is 9. The van der Waals surface area contributed by atoms with E-state index >= 15 is 0 Å². The molecule has 4 aromatic heterocycles. The summed E-state index contributed by atoms with van der Waals surface area (Å²) in [5, 5.41) is 5.53. The van der Waals surface area contributed by atoms with Crippen LogP contribution in [0.4, 0.5) is 0 Å². The van der Waals surface area contributed by atoms with Gasteiger partial charge in [0.05, 0.1) is 11.0 Å². The molecule has 0 saturated heterocycles. The van der Waals surface area contributed by atoms with Gasteiger partial charge in [0.15, 0.2) is 11.4 Å². The third kappa shape index (κ3) is 2.79. The third-order valence-electron chi connectivity index (χ3n) is 7.74. The Morgan fingerprint density at radius 1 is 0.513 bits per heavy atom. The molecule has 0 aliphatic carbocycles. The minimum absolute atomic E-state index is 0.665. The van der Waals surface area contributed by atoms with Gasteiger partial charge in [-0.2, -0.15) is 0 Å². The molecule has 0 saturated carbocycles.